The van der Waals surface area contributed by atoms with E-state index in [9.17, 15) is 4.79 Å². The number of hydrogen-bond donors (Lipinski definition) is 0. The number of para-hydroxylation sites is 1. The number of rotatable bonds is 4. The molecule has 21 heavy (non-hydrogen) atoms. The first-order chi connectivity index (χ1) is 10.3. The summed E-state index contributed by atoms with van der Waals surface area (Å²) >= 11 is 1.67. The van der Waals surface area contributed by atoms with Gasteiger partial charge in [0.25, 0.3) is 5.56 Å². The molecule has 4 heteroatoms. The fraction of sp³-hybridized carbons (Fsp3) is 0.529. The lowest BCUT2D eigenvalue weighted by molar-refractivity contribution is 0.306. The van der Waals surface area contributed by atoms with Crippen LogP contribution in [0.3, 0.4) is 0 Å². The van der Waals surface area contributed by atoms with Gasteiger partial charge in [-0.2, -0.15) is 0 Å². The molecule has 0 atom stereocenters. The summed E-state index contributed by atoms with van der Waals surface area (Å²) in [5.74, 6) is 1.57. The average Bonchev–Trinajstić information content (AvgIpc) is 2.52. The van der Waals surface area contributed by atoms with E-state index in [4.69, 9.17) is 4.98 Å². The molecule has 0 amide bonds. The molecule has 0 unspecified atom stereocenters. The summed E-state index contributed by atoms with van der Waals surface area (Å²) in [5.41, 5.74) is 0.945. The average molecular weight is 302 g/mol. The Labute approximate surface area is 129 Å². The van der Waals surface area contributed by atoms with Crippen molar-refractivity contribution in [2.75, 3.05) is 5.75 Å². The minimum absolute atomic E-state index is 0.127. The number of thioether (sulfide) groups is 1. The van der Waals surface area contributed by atoms with Gasteiger partial charge in [0.05, 0.1) is 10.9 Å². The van der Waals surface area contributed by atoms with Gasteiger partial charge in [-0.3, -0.25) is 9.36 Å². The Hall–Kier alpha value is -1.29. The number of fused-ring (bicyclic) bond motifs is 1. The maximum absolute atomic E-state index is 12.8. The van der Waals surface area contributed by atoms with Crippen molar-refractivity contribution in [1.29, 1.82) is 0 Å². The predicted octanol–water partition coefficient (Wildman–Crippen LogP) is 4.09. The summed E-state index contributed by atoms with van der Waals surface area (Å²) in [6.07, 6.45) is 6.44. The van der Waals surface area contributed by atoms with Crippen molar-refractivity contribution < 1.29 is 0 Å². The standard InChI is InChI=1S/C17H22N2OS/c1-2-21-17-18-15-11-7-6-10-14(15)16(20)19(17)12-13-8-4-3-5-9-13/h6-7,10-11,13H,2-5,8-9,12H2,1H3. The summed E-state index contributed by atoms with van der Waals surface area (Å²) in [6.45, 7) is 2.94. The maximum atomic E-state index is 12.8. The summed E-state index contributed by atoms with van der Waals surface area (Å²) in [5, 5.41) is 1.63. The number of benzene rings is 1. The monoisotopic (exact) mass is 302 g/mol. The zero-order valence-electron chi connectivity index (χ0n) is 12.5. The SMILES string of the molecule is CCSc1nc2ccccc2c(=O)n1CC1CCCCC1. The van der Waals surface area contributed by atoms with E-state index in [1.165, 1.54) is 32.1 Å². The highest BCUT2D eigenvalue weighted by atomic mass is 32.2. The summed E-state index contributed by atoms with van der Waals surface area (Å²) in [6, 6.07) is 7.69. The number of hydrogen-bond acceptors (Lipinski definition) is 3. The van der Waals surface area contributed by atoms with Crippen LogP contribution in [-0.4, -0.2) is 15.3 Å². The Morgan fingerprint density at radius 2 is 2.00 bits per heavy atom. The van der Waals surface area contributed by atoms with Crippen molar-refractivity contribution in [3.05, 3.63) is 34.6 Å². The fourth-order valence-electron chi connectivity index (χ4n) is 3.18. The third kappa shape index (κ3) is 3.15. The van der Waals surface area contributed by atoms with Gasteiger partial charge in [0.15, 0.2) is 5.16 Å². The van der Waals surface area contributed by atoms with Crippen molar-refractivity contribution >= 4 is 22.7 Å². The molecule has 0 bridgehead atoms. The Bertz CT molecular complexity index is 674. The van der Waals surface area contributed by atoms with Crippen molar-refractivity contribution in [1.82, 2.24) is 9.55 Å². The second-order valence-electron chi connectivity index (χ2n) is 5.76. The second kappa shape index (κ2) is 6.65. The van der Waals surface area contributed by atoms with Crippen LogP contribution in [0.25, 0.3) is 10.9 Å². The van der Waals surface area contributed by atoms with E-state index in [0.717, 1.165) is 28.4 Å². The Kier molecular flexibility index (Phi) is 4.63. The molecule has 3 rings (SSSR count). The minimum Gasteiger partial charge on any atom is -0.287 e. The van der Waals surface area contributed by atoms with E-state index in [0.29, 0.717) is 5.92 Å². The minimum atomic E-state index is 0.127. The van der Waals surface area contributed by atoms with Crippen molar-refractivity contribution in [2.45, 2.75) is 50.7 Å². The Morgan fingerprint density at radius 3 is 2.76 bits per heavy atom. The van der Waals surface area contributed by atoms with Gasteiger partial charge in [0.1, 0.15) is 0 Å². The Balaban J connectivity index is 2.03. The van der Waals surface area contributed by atoms with Crippen LogP contribution in [0.5, 0.6) is 0 Å². The molecular weight excluding hydrogens is 280 g/mol. The van der Waals surface area contributed by atoms with Gasteiger partial charge < -0.3 is 0 Å². The third-order valence-corrected chi connectivity index (χ3v) is 5.12. The van der Waals surface area contributed by atoms with Gasteiger partial charge in [-0.1, -0.05) is 50.1 Å². The molecule has 112 valence electrons. The lowest BCUT2D eigenvalue weighted by Gasteiger charge is -2.23. The van der Waals surface area contributed by atoms with Crippen LogP contribution in [0.4, 0.5) is 0 Å². The molecule has 0 N–H and O–H groups in total. The molecule has 3 nitrogen and oxygen atoms in total. The molecule has 1 saturated carbocycles. The van der Waals surface area contributed by atoms with Gasteiger partial charge in [-0.05, 0) is 36.6 Å². The molecule has 0 saturated heterocycles. The highest BCUT2D eigenvalue weighted by molar-refractivity contribution is 7.99. The fourth-order valence-corrected chi connectivity index (χ4v) is 3.91. The first-order valence-electron chi connectivity index (χ1n) is 7.92. The molecule has 1 heterocycles. The zero-order valence-corrected chi connectivity index (χ0v) is 13.4. The van der Waals surface area contributed by atoms with Gasteiger partial charge in [-0.15, -0.1) is 0 Å². The van der Waals surface area contributed by atoms with Crippen LogP contribution in [0.1, 0.15) is 39.0 Å². The molecule has 2 aromatic rings. The quantitative estimate of drug-likeness (QED) is 0.630. The second-order valence-corrected chi connectivity index (χ2v) is 7.00. The summed E-state index contributed by atoms with van der Waals surface area (Å²) in [4.78, 5) is 17.5. The largest absolute Gasteiger partial charge is 0.287 e. The first-order valence-corrected chi connectivity index (χ1v) is 8.90. The van der Waals surface area contributed by atoms with E-state index in [-0.39, 0.29) is 5.56 Å². The molecule has 1 aromatic carbocycles. The van der Waals surface area contributed by atoms with Crippen molar-refractivity contribution in [3.8, 4) is 0 Å². The van der Waals surface area contributed by atoms with Gasteiger partial charge >= 0.3 is 0 Å². The maximum Gasteiger partial charge on any atom is 0.262 e. The molecule has 0 spiro atoms. The molecule has 1 aliphatic rings. The van der Waals surface area contributed by atoms with E-state index >= 15 is 0 Å². The van der Waals surface area contributed by atoms with Crippen molar-refractivity contribution in [2.24, 2.45) is 5.92 Å². The van der Waals surface area contributed by atoms with Crippen LogP contribution in [-0.2, 0) is 6.54 Å². The van der Waals surface area contributed by atoms with E-state index in [1.54, 1.807) is 11.8 Å². The molecule has 1 fully saturated rings. The summed E-state index contributed by atoms with van der Waals surface area (Å²) in [7, 11) is 0. The summed E-state index contributed by atoms with van der Waals surface area (Å²) < 4.78 is 1.92. The van der Waals surface area contributed by atoms with Crippen LogP contribution >= 0.6 is 11.8 Å². The molecular formula is C17H22N2OS. The van der Waals surface area contributed by atoms with E-state index in [2.05, 4.69) is 6.92 Å². The van der Waals surface area contributed by atoms with Crippen LogP contribution in [0.15, 0.2) is 34.2 Å². The number of nitrogens with zero attached hydrogens (tertiary/aromatic N) is 2. The number of aromatic nitrogens is 2. The van der Waals surface area contributed by atoms with Crippen molar-refractivity contribution in [3.63, 3.8) is 0 Å². The van der Waals surface area contributed by atoms with Crippen LogP contribution in [0, 0.1) is 5.92 Å². The highest BCUT2D eigenvalue weighted by Crippen LogP contribution is 2.26. The predicted molar refractivity (Wildman–Crippen MR) is 89.0 cm³/mol. The zero-order chi connectivity index (χ0) is 14.7. The van der Waals surface area contributed by atoms with Crippen LogP contribution < -0.4 is 5.56 Å². The normalized spacial score (nSPS) is 16.4. The van der Waals surface area contributed by atoms with Gasteiger partial charge in [-0.25, -0.2) is 4.98 Å². The lowest BCUT2D eigenvalue weighted by atomic mass is 9.89. The third-order valence-electron chi connectivity index (χ3n) is 4.27. The topological polar surface area (TPSA) is 34.9 Å². The lowest BCUT2D eigenvalue weighted by Crippen LogP contribution is -2.27. The molecule has 0 aliphatic heterocycles. The Morgan fingerprint density at radius 1 is 1.24 bits per heavy atom. The van der Waals surface area contributed by atoms with E-state index < -0.39 is 0 Å². The smallest absolute Gasteiger partial charge is 0.262 e. The van der Waals surface area contributed by atoms with Crippen LogP contribution in [0.2, 0.25) is 0 Å². The highest BCUT2D eigenvalue weighted by Gasteiger charge is 2.18. The van der Waals surface area contributed by atoms with Gasteiger partial charge in [0.2, 0.25) is 0 Å². The molecule has 1 aliphatic carbocycles. The van der Waals surface area contributed by atoms with E-state index in [1.807, 2.05) is 28.8 Å². The molecule has 0 radical (unpaired) electrons. The van der Waals surface area contributed by atoms with Gasteiger partial charge in [0, 0.05) is 6.54 Å². The first kappa shape index (κ1) is 14.6. The molecule has 1 aromatic heterocycles.